The van der Waals surface area contributed by atoms with Gasteiger partial charge in [-0.25, -0.2) is 4.79 Å². The molecular weight excluding hydrogens is 381 g/mol. The summed E-state index contributed by atoms with van der Waals surface area (Å²) in [6.07, 6.45) is 1.59. The van der Waals surface area contributed by atoms with Crippen molar-refractivity contribution in [3.8, 4) is 5.75 Å². The average Bonchev–Trinajstić information content (AvgIpc) is 2.83. The van der Waals surface area contributed by atoms with Crippen molar-refractivity contribution in [1.29, 1.82) is 0 Å². The molecule has 0 amide bonds. The minimum Gasteiger partial charge on any atom is -0.507 e. The van der Waals surface area contributed by atoms with Gasteiger partial charge in [0.15, 0.2) is 0 Å². The largest absolute Gasteiger partial charge is 0.507 e. The maximum Gasteiger partial charge on any atom is 0.368 e. The smallest absolute Gasteiger partial charge is 0.368 e. The van der Waals surface area contributed by atoms with Crippen LogP contribution in [0.15, 0.2) is 59.3 Å². The Hall–Kier alpha value is -2.15. The third-order valence-corrected chi connectivity index (χ3v) is 3.70. The van der Waals surface area contributed by atoms with Gasteiger partial charge in [-0.1, -0.05) is 35.5 Å². The third kappa shape index (κ3) is 2.82. The van der Waals surface area contributed by atoms with Crippen LogP contribution in [0.25, 0.3) is 6.08 Å². The quantitative estimate of drug-likeness (QED) is 0.486. The molecule has 3 rings (SSSR count). The van der Waals surface area contributed by atoms with Gasteiger partial charge in [0.05, 0.1) is 5.57 Å². The van der Waals surface area contributed by atoms with Crippen LogP contribution in [-0.2, 0) is 9.63 Å². The first kappa shape index (κ1) is 13.8. The number of rotatable bonds is 2. The van der Waals surface area contributed by atoms with Gasteiger partial charge in [-0.05, 0) is 46.9 Å². The molecule has 1 aliphatic rings. The molecule has 2 aromatic carbocycles. The van der Waals surface area contributed by atoms with Crippen LogP contribution in [0.3, 0.4) is 0 Å². The molecule has 0 spiro atoms. The lowest BCUT2D eigenvalue weighted by molar-refractivity contribution is -0.136. The lowest BCUT2D eigenvalue weighted by Crippen LogP contribution is -2.07. The summed E-state index contributed by atoms with van der Waals surface area (Å²) in [5, 5.41) is 13.7. The van der Waals surface area contributed by atoms with E-state index < -0.39 is 5.97 Å². The highest BCUT2D eigenvalue weighted by atomic mass is 127. The number of hydrogen-bond donors (Lipinski definition) is 1. The fourth-order valence-corrected chi connectivity index (χ4v) is 2.56. The van der Waals surface area contributed by atoms with Crippen LogP contribution in [0.1, 0.15) is 11.1 Å². The second-order valence-electron chi connectivity index (χ2n) is 4.45. The molecule has 0 saturated heterocycles. The maximum absolute atomic E-state index is 11.9. The molecule has 1 aliphatic heterocycles. The molecule has 1 heterocycles. The minimum atomic E-state index is -0.521. The number of benzene rings is 2. The van der Waals surface area contributed by atoms with E-state index in [1.54, 1.807) is 30.3 Å². The number of phenols is 1. The van der Waals surface area contributed by atoms with Gasteiger partial charge in [-0.3, -0.25) is 0 Å². The van der Waals surface area contributed by atoms with Crippen LogP contribution in [0, 0.1) is 3.57 Å². The van der Waals surface area contributed by atoms with Gasteiger partial charge in [0.25, 0.3) is 0 Å². The average molecular weight is 391 g/mol. The Morgan fingerprint density at radius 1 is 1.14 bits per heavy atom. The van der Waals surface area contributed by atoms with Gasteiger partial charge in [-0.2, -0.15) is 0 Å². The van der Waals surface area contributed by atoms with Crippen molar-refractivity contribution >= 4 is 40.3 Å². The van der Waals surface area contributed by atoms with Crippen LogP contribution in [0.5, 0.6) is 5.75 Å². The zero-order valence-electron chi connectivity index (χ0n) is 10.8. The molecule has 0 atom stereocenters. The van der Waals surface area contributed by atoms with Crippen molar-refractivity contribution in [2.45, 2.75) is 0 Å². The molecule has 21 heavy (non-hydrogen) atoms. The van der Waals surface area contributed by atoms with E-state index >= 15 is 0 Å². The highest BCUT2D eigenvalue weighted by molar-refractivity contribution is 14.1. The number of nitrogens with zero attached hydrogens (tertiary/aromatic N) is 1. The second kappa shape index (κ2) is 5.69. The number of carbonyl (C=O) groups is 1. The Bertz CT molecular complexity index is 781. The lowest BCUT2D eigenvalue weighted by atomic mass is 10.0. The number of carbonyl (C=O) groups excluding carboxylic acids is 1. The molecule has 4 nitrogen and oxygen atoms in total. The number of aromatic hydroxyl groups is 1. The zero-order valence-corrected chi connectivity index (χ0v) is 12.9. The molecule has 0 aromatic heterocycles. The molecule has 0 aliphatic carbocycles. The Kier molecular flexibility index (Phi) is 3.74. The van der Waals surface area contributed by atoms with E-state index in [0.29, 0.717) is 16.8 Å². The monoisotopic (exact) mass is 391 g/mol. The van der Waals surface area contributed by atoms with Gasteiger partial charge in [0.1, 0.15) is 11.5 Å². The van der Waals surface area contributed by atoms with E-state index in [-0.39, 0.29) is 5.75 Å². The summed E-state index contributed by atoms with van der Waals surface area (Å²) in [7, 11) is 0. The molecular formula is C16H10INO3. The van der Waals surface area contributed by atoms with Gasteiger partial charge < -0.3 is 9.94 Å². The van der Waals surface area contributed by atoms with Crippen LogP contribution >= 0.6 is 22.6 Å². The molecule has 104 valence electrons. The number of phenolic OH excluding ortho intramolecular Hbond substituents is 1. The minimum absolute atomic E-state index is 0.103. The van der Waals surface area contributed by atoms with Crippen molar-refractivity contribution in [3.05, 3.63) is 68.8 Å². The van der Waals surface area contributed by atoms with Crippen LogP contribution in [0.4, 0.5) is 0 Å². The molecule has 0 fully saturated rings. The van der Waals surface area contributed by atoms with Crippen molar-refractivity contribution in [1.82, 2.24) is 0 Å². The summed E-state index contributed by atoms with van der Waals surface area (Å²) in [5.74, 6) is -0.418. The number of oxime groups is 1. The normalized spacial score (nSPS) is 16.0. The summed E-state index contributed by atoms with van der Waals surface area (Å²) >= 11 is 2.19. The zero-order chi connectivity index (χ0) is 14.8. The molecule has 0 radical (unpaired) electrons. The van der Waals surface area contributed by atoms with Crippen LogP contribution in [0.2, 0.25) is 0 Å². The Morgan fingerprint density at radius 3 is 2.71 bits per heavy atom. The van der Waals surface area contributed by atoms with E-state index in [9.17, 15) is 9.90 Å². The topological polar surface area (TPSA) is 58.9 Å². The number of para-hydroxylation sites is 1. The first-order valence-corrected chi connectivity index (χ1v) is 7.28. The Labute approximate surface area is 134 Å². The maximum atomic E-state index is 11.9. The predicted octanol–water partition coefficient (Wildman–Crippen LogP) is 3.34. The van der Waals surface area contributed by atoms with Crippen LogP contribution < -0.4 is 0 Å². The molecule has 5 heteroatoms. The summed E-state index contributed by atoms with van der Waals surface area (Å²) in [6.45, 7) is 0. The van der Waals surface area contributed by atoms with Gasteiger partial charge in [0, 0.05) is 14.7 Å². The van der Waals surface area contributed by atoms with Crippen molar-refractivity contribution in [2.24, 2.45) is 5.16 Å². The van der Waals surface area contributed by atoms with Crippen LogP contribution in [-0.4, -0.2) is 16.8 Å². The highest BCUT2D eigenvalue weighted by Gasteiger charge is 2.27. The number of hydrogen-bond acceptors (Lipinski definition) is 4. The Balaban J connectivity index is 2.06. The van der Waals surface area contributed by atoms with E-state index in [4.69, 9.17) is 4.84 Å². The number of halogens is 1. The lowest BCUT2D eigenvalue weighted by Gasteiger charge is -2.02. The van der Waals surface area contributed by atoms with E-state index in [1.165, 1.54) is 0 Å². The van der Waals surface area contributed by atoms with Crippen molar-refractivity contribution in [3.63, 3.8) is 0 Å². The fraction of sp³-hybridized carbons (Fsp3) is 0. The van der Waals surface area contributed by atoms with Crippen molar-refractivity contribution in [2.75, 3.05) is 0 Å². The Morgan fingerprint density at radius 2 is 1.95 bits per heavy atom. The second-order valence-corrected chi connectivity index (χ2v) is 5.69. The molecule has 1 N–H and O–H groups in total. The van der Waals surface area contributed by atoms with E-state index in [2.05, 4.69) is 27.7 Å². The fourth-order valence-electron chi connectivity index (χ4n) is 2.02. The standard InChI is InChI=1S/C16H10INO3/c17-12-6-3-5-11(8-12)15-13(16(20)21-18-15)9-10-4-1-2-7-14(10)19/h1-9,19H/b13-9-. The third-order valence-electron chi connectivity index (χ3n) is 3.03. The summed E-state index contributed by atoms with van der Waals surface area (Å²) < 4.78 is 1.04. The van der Waals surface area contributed by atoms with E-state index in [1.807, 2.05) is 24.3 Å². The first-order chi connectivity index (χ1) is 10.1. The first-order valence-electron chi connectivity index (χ1n) is 6.20. The molecule has 0 unspecified atom stereocenters. The molecule has 0 bridgehead atoms. The van der Waals surface area contributed by atoms with E-state index in [0.717, 1.165) is 9.13 Å². The SMILES string of the molecule is O=C1ON=C(c2cccc(I)c2)/C1=C/c1ccccc1O. The van der Waals surface area contributed by atoms with Gasteiger partial charge in [-0.15, -0.1) is 0 Å². The van der Waals surface area contributed by atoms with Gasteiger partial charge >= 0.3 is 5.97 Å². The summed E-state index contributed by atoms with van der Waals surface area (Å²) in [6, 6.07) is 14.4. The molecule has 0 saturated carbocycles. The van der Waals surface area contributed by atoms with Crippen molar-refractivity contribution < 1.29 is 14.7 Å². The molecule has 2 aromatic rings. The summed E-state index contributed by atoms with van der Waals surface area (Å²) in [5.41, 5.74) is 2.15. The summed E-state index contributed by atoms with van der Waals surface area (Å²) in [4.78, 5) is 16.7. The highest BCUT2D eigenvalue weighted by Crippen LogP contribution is 2.25. The predicted molar refractivity (Wildman–Crippen MR) is 87.9 cm³/mol. The van der Waals surface area contributed by atoms with Gasteiger partial charge in [0.2, 0.25) is 0 Å².